The standard InChI is InChI=1S/C16H19N3O/c1-12-3-4-13(2)14(9-12)15(20)10-18-7-8-19-6-5-17-16(19)11-18/h3-6,9H,7-8,10-11H2,1-2H3. The number of nitrogens with zero attached hydrogens (tertiary/aromatic N) is 3. The molecule has 1 aliphatic heterocycles. The number of rotatable bonds is 3. The summed E-state index contributed by atoms with van der Waals surface area (Å²) < 4.78 is 2.15. The van der Waals surface area contributed by atoms with Crippen molar-refractivity contribution in [2.45, 2.75) is 26.9 Å². The van der Waals surface area contributed by atoms with Crippen LogP contribution in [0.15, 0.2) is 30.6 Å². The van der Waals surface area contributed by atoms with Gasteiger partial charge in [0.05, 0.1) is 13.1 Å². The zero-order valence-electron chi connectivity index (χ0n) is 12.0. The van der Waals surface area contributed by atoms with Crippen molar-refractivity contribution < 1.29 is 4.79 Å². The molecule has 0 N–H and O–H groups in total. The number of carbonyl (C=O) groups excluding carboxylic acids is 1. The monoisotopic (exact) mass is 269 g/mol. The third-order valence-corrected chi connectivity index (χ3v) is 3.88. The zero-order chi connectivity index (χ0) is 14.1. The molecule has 1 aromatic heterocycles. The molecule has 0 aliphatic carbocycles. The summed E-state index contributed by atoms with van der Waals surface area (Å²) in [5.74, 6) is 1.25. The van der Waals surface area contributed by atoms with Gasteiger partial charge in [-0.05, 0) is 25.5 Å². The Kier molecular flexibility index (Phi) is 3.40. The summed E-state index contributed by atoms with van der Waals surface area (Å²) in [6.45, 7) is 7.06. The highest BCUT2D eigenvalue weighted by atomic mass is 16.1. The van der Waals surface area contributed by atoms with E-state index in [1.165, 1.54) is 0 Å². The van der Waals surface area contributed by atoms with Gasteiger partial charge >= 0.3 is 0 Å². The maximum absolute atomic E-state index is 12.5. The van der Waals surface area contributed by atoms with Crippen molar-refractivity contribution in [3.63, 3.8) is 0 Å². The number of ketones is 1. The fourth-order valence-electron chi connectivity index (χ4n) is 2.68. The van der Waals surface area contributed by atoms with E-state index in [-0.39, 0.29) is 5.78 Å². The number of aryl methyl sites for hydroxylation is 2. The van der Waals surface area contributed by atoms with Crippen LogP contribution in [0.4, 0.5) is 0 Å². The molecular weight excluding hydrogens is 250 g/mol. The van der Waals surface area contributed by atoms with Crippen molar-refractivity contribution in [1.29, 1.82) is 0 Å². The van der Waals surface area contributed by atoms with Crippen molar-refractivity contribution in [3.05, 3.63) is 53.1 Å². The Morgan fingerprint density at radius 1 is 1.30 bits per heavy atom. The predicted octanol–water partition coefficient (Wildman–Crippen LogP) is 2.20. The van der Waals surface area contributed by atoms with Crippen LogP contribution in [0.5, 0.6) is 0 Å². The minimum atomic E-state index is 0.200. The van der Waals surface area contributed by atoms with Gasteiger partial charge in [0.2, 0.25) is 0 Å². The number of benzene rings is 1. The lowest BCUT2D eigenvalue weighted by Gasteiger charge is -2.27. The third-order valence-electron chi connectivity index (χ3n) is 3.88. The fraction of sp³-hybridized carbons (Fsp3) is 0.375. The van der Waals surface area contributed by atoms with Crippen molar-refractivity contribution in [2.24, 2.45) is 0 Å². The molecular formula is C16H19N3O. The highest BCUT2D eigenvalue weighted by molar-refractivity contribution is 5.99. The summed E-state index contributed by atoms with van der Waals surface area (Å²) >= 11 is 0. The van der Waals surface area contributed by atoms with E-state index in [9.17, 15) is 4.79 Å². The molecule has 0 unspecified atom stereocenters. The highest BCUT2D eigenvalue weighted by Gasteiger charge is 2.20. The van der Waals surface area contributed by atoms with Crippen LogP contribution in [0.1, 0.15) is 27.3 Å². The lowest BCUT2D eigenvalue weighted by molar-refractivity contribution is 0.0907. The van der Waals surface area contributed by atoms with Crippen LogP contribution in [0.3, 0.4) is 0 Å². The minimum Gasteiger partial charge on any atom is -0.333 e. The quantitative estimate of drug-likeness (QED) is 0.802. The molecule has 0 saturated heterocycles. The Morgan fingerprint density at radius 3 is 3.00 bits per heavy atom. The van der Waals surface area contributed by atoms with Crippen molar-refractivity contribution >= 4 is 5.78 Å². The Balaban J connectivity index is 1.72. The van der Waals surface area contributed by atoms with Crippen molar-refractivity contribution in [2.75, 3.05) is 13.1 Å². The molecule has 0 saturated carbocycles. The average Bonchev–Trinajstić information content (AvgIpc) is 2.89. The predicted molar refractivity (Wildman–Crippen MR) is 77.8 cm³/mol. The molecule has 4 nitrogen and oxygen atoms in total. The summed E-state index contributed by atoms with van der Waals surface area (Å²) in [5, 5.41) is 0. The normalized spacial score (nSPS) is 15.1. The van der Waals surface area contributed by atoms with E-state index in [1.54, 1.807) is 0 Å². The lowest BCUT2D eigenvalue weighted by Crippen LogP contribution is -2.37. The molecule has 0 spiro atoms. The van der Waals surface area contributed by atoms with E-state index < -0.39 is 0 Å². The van der Waals surface area contributed by atoms with E-state index in [0.29, 0.717) is 6.54 Å². The molecule has 2 heterocycles. The SMILES string of the molecule is Cc1ccc(C)c(C(=O)CN2CCn3ccnc3C2)c1. The fourth-order valence-corrected chi connectivity index (χ4v) is 2.68. The van der Waals surface area contributed by atoms with Crippen LogP contribution in [0.2, 0.25) is 0 Å². The Bertz CT molecular complexity index is 645. The van der Waals surface area contributed by atoms with Gasteiger partial charge < -0.3 is 4.57 Å². The van der Waals surface area contributed by atoms with Gasteiger partial charge in [-0.3, -0.25) is 9.69 Å². The molecule has 0 radical (unpaired) electrons. The van der Waals surface area contributed by atoms with Gasteiger partial charge in [0.15, 0.2) is 5.78 Å². The van der Waals surface area contributed by atoms with Crippen LogP contribution < -0.4 is 0 Å². The molecule has 0 amide bonds. The molecule has 20 heavy (non-hydrogen) atoms. The van der Waals surface area contributed by atoms with Gasteiger partial charge in [-0.25, -0.2) is 4.98 Å². The van der Waals surface area contributed by atoms with Crippen LogP contribution in [-0.4, -0.2) is 33.3 Å². The molecule has 0 atom stereocenters. The average molecular weight is 269 g/mol. The van der Waals surface area contributed by atoms with Gasteiger partial charge in [-0.2, -0.15) is 0 Å². The van der Waals surface area contributed by atoms with Crippen molar-refractivity contribution in [1.82, 2.24) is 14.5 Å². The van der Waals surface area contributed by atoms with Crippen LogP contribution >= 0.6 is 0 Å². The number of hydrogen-bond donors (Lipinski definition) is 0. The molecule has 104 valence electrons. The maximum atomic E-state index is 12.5. The first-order chi connectivity index (χ1) is 9.63. The van der Waals surface area contributed by atoms with Gasteiger partial charge in [0.25, 0.3) is 0 Å². The van der Waals surface area contributed by atoms with Crippen LogP contribution in [0, 0.1) is 13.8 Å². The van der Waals surface area contributed by atoms with Gasteiger partial charge in [0.1, 0.15) is 5.82 Å². The second kappa shape index (κ2) is 5.21. The highest BCUT2D eigenvalue weighted by Crippen LogP contribution is 2.15. The summed E-state index contributed by atoms with van der Waals surface area (Å²) in [7, 11) is 0. The van der Waals surface area contributed by atoms with E-state index in [4.69, 9.17) is 0 Å². The van der Waals surface area contributed by atoms with E-state index in [0.717, 1.165) is 42.1 Å². The summed E-state index contributed by atoms with van der Waals surface area (Å²) in [6.07, 6.45) is 3.82. The van der Waals surface area contributed by atoms with Crippen LogP contribution in [-0.2, 0) is 13.1 Å². The maximum Gasteiger partial charge on any atom is 0.177 e. The molecule has 3 rings (SSSR count). The van der Waals surface area contributed by atoms with E-state index in [1.807, 2.05) is 44.4 Å². The van der Waals surface area contributed by atoms with Gasteiger partial charge in [-0.1, -0.05) is 17.7 Å². The summed E-state index contributed by atoms with van der Waals surface area (Å²) in [4.78, 5) is 19.0. The topological polar surface area (TPSA) is 38.1 Å². The minimum absolute atomic E-state index is 0.200. The Labute approximate surface area is 119 Å². The number of fused-ring (bicyclic) bond motifs is 1. The summed E-state index contributed by atoms with van der Waals surface area (Å²) in [5.41, 5.74) is 3.03. The van der Waals surface area contributed by atoms with Crippen LogP contribution in [0.25, 0.3) is 0 Å². The first-order valence-electron chi connectivity index (χ1n) is 6.96. The largest absolute Gasteiger partial charge is 0.333 e. The molecule has 2 aromatic rings. The van der Waals surface area contributed by atoms with E-state index >= 15 is 0 Å². The molecule has 1 aromatic carbocycles. The summed E-state index contributed by atoms with van der Waals surface area (Å²) in [6, 6.07) is 6.05. The number of carbonyl (C=O) groups is 1. The molecule has 4 heteroatoms. The molecule has 1 aliphatic rings. The smallest absolute Gasteiger partial charge is 0.177 e. The number of aromatic nitrogens is 2. The first kappa shape index (κ1) is 13.1. The second-order valence-corrected chi connectivity index (χ2v) is 5.49. The molecule has 0 fully saturated rings. The number of hydrogen-bond acceptors (Lipinski definition) is 3. The first-order valence-corrected chi connectivity index (χ1v) is 6.96. The van der Waals surface area contributed by atoms with Gasteiger partial charge in [0, 0.05) is 31.0 Å². The second-order valence-electron chi connectivity index (χ2n) is 5.49. The Hall–Kier alpha value is -1.94. The van der Waals surface area contributed by atoms with Crippen molar-refractivity contribution in [3.8, 4) is 0 Å². The number of imidazole rings is 1. The zero-order valence-corrected chi connectivity index (χ0v) is 12.0. The van der Waals surface area contributed by atoms with E-state index in [2.05, 4.69) is 14.5 Å². The lowest BCUT2D eigenvalue weighted by atomic mass is 10.0. The number of Topliss-reactive ketones (excluding diaryl/α,β-unsaturated/α-hetero) is 1. The van der Waals surface area contributed by atoms with Gasteiger partial charge in [-0.15, -0.1) is 0 Å². The Morgan fingerprint density at radius 2 is 2.15 bits per heavy atom. The third kappa shape index (κ3) is 2.51. The molecule has 0 bridgehead atoms.